The average Bonchev–Trinajstić information content (AvgIpc) is 2.49. The molecule has 0 saturated carbocycles. The van der Waals surface area contributed by atoms with E-state index in [2.05, 4.69) is 20.8 Å². The molecule has 4 heteroatoms. The number of aromatic carboxylic acids is 1. The van der Waals surface area contributed by atoms with Gasteiger partial charge in [0.2, 0.25) is 0 Å². The normalized spacial score (nSPS) is 11.3. The molecule has 2 aromatic rings. The highest BCUT2D eigenvalue weighted by atomic mass is 19.1. The lowest BCUT2D eigenvalue weighted by Crippen LogP contribution is -2.14. The van der Waals surface area contributed by atoms with Crippen molar-refractivity contribution in [2.45, 2.75) is 32.6 Å². The lowest BCUT2D eigenvalue weighted by atomic mass is 9.82. The third-order valence-electron chi connectivity index (χ3n) is 3.93. The summed E-state index contributed by atoms with van der Waals surface area (Å²) in [4.78, 5) is 10.8. The van der Waals surface area contributed by atoms with Crippen molar-refractivity contribution in [2.24, 2.45) is 0 Å². The fourth-order valence-electron chi connectivity index (χ4n) is 2.02. The number of carbonyl (C=O) groups is 1. The van der Waals surface area contributed by atoms with E-state index in [9.17, 15) is 9.18 Å². The van der Waals surface area contributed by atoms with Gasteiger partial charge < -0.3 is 9.84 Å². The molecule has 0 heterocycles. The molecule has 116 valence electrons. The Kier molecular flexibility index (Phi) is 4.50. The standard InChI is InChI=1S/C18H19FO3/c1-4-18(2,3)13-6-8-14(9-7-13)22-16-10-5-12(17(20)21)11-15(16)19/h5-11H,4H2,1-3H3,(H,20,21). The zero-order chi connectivity index (χ0) is 16.3. The summed E-state index contributed by atoms with van der Waals surface area (Å²) >= 11 is 0. The second kappa shape index (κ2) is 6.18. The second-order valence-corrected chi connectivity index (χ2v) is 5.81. The Balaban J connectivity index is 2.19. The van der Waals surface area contributed by atoms with Crippen LogP contribution in [0.4, 0.5) is 4.39 Å². The smallest absolute Gasteiger partial charge is 0.335 e. The molecule has 2 rings (SSSR count). The van der Waals surface area contributed by atoms with Gasteiger partial charge in [-0.05, 0) is 47.7 Å². The molecule has 0 radical (unpaired) electrons. The number of carboxylic acid groups (broad SMARTS) is 1. The van der Waals surface area contributed by atoms with Crippen LogP contribution in [0.3, 0.4) is 0 Å². The van der Waals surface area contributed by atoms with Gasteiger partial charge in [0.1, 0.15) is 5.75 Å². The number of hydrogen-bond acceptors (Lipinski definition) is 2. The molecule has 0 aliphatic rings. The van der Waals surface area contributed by atoms with E-state index in [1.165, 1.54) is 17.7 Å². The molecule has 0 amide bonds. The molecular formula is C18H19FO3. The van der Waals surface area contributed by atoms with Gasteiger partial charge in [-0.2, -0.15) is 0 Å². The highest BCUT2D eigenvalue weighted by Crippen LogP contribution is 2.30. The van der Waals surface area contributed by atoms with Crippen LogP contribution in [0, 0.1) is 5.82 Å². The maximum atomic E-state index is 13.8. The SMILES string of the molecule is CCC(C)(C)c1ccc(Oc2ccc(C(=O)O)cc2F)cc1. The van der Waals surface area contributed by atoms with Crippen molar-refractivity contribution < 1.29 is 19.0 Å². The molecule has 0 atom stereocenters. The monoisotopic (exact) mass is 302 g/mol. The first-order valence-electron chi connectivity index (χ1n) is 7.15. The van der Waals surface area contributed by atoms with E-state index in [1.54, 1.807) is 12.1 Å². The lowest BCUT2D eigenvalue weighted by Gasteiger charge is -2.23. The summed E-state index contributed by atoms with van der Waals surface area (Å²) in [5.74, 6) is -1.35. The molecule has 0 bridgehead atoms. The predicted molar refractivity (Wildman–Crippen MR) is 83.2 cm³/mol. The quantitative estimate of drug-likeness (QED) is 0.845. The van der Waals surface area contributed by atoms with E-state index in [-0.39, 0.29) is 16.7 Å². The first-order valence-corrected chi connectivity index (χ1v) is 7.15. The van der Waals surface area contributed by atoms with E-state index >= 15 is 0 Å². The molecule has 22 heavy (non-hydrogen) atoms. The summed E-state index contributed by atoms with van der Waals surface area (Å²) < 4.78 is 19.3. The van der Waals surface area contributed by atoms with Gasteiger partial charge in [0.15, 0.2) is 11.6 Å². The van der Waals surface area contributed by atoms with Crippen molar-refractivity contribution in [3.8, 4) is 11.5 Å². The van der Waals surface area contributed by atoms with Crippen molar-refractivity contribution in [3.63, 3.8) is 0 Å². The lowest BCUT2D eigenvalue weighted by molar-refractivity contribution is 0.0696. The largest absolute Gasteiger partial charge is 0.478 e. The van der Waals surface area contributed by atoms with Gasteiger partial charge >= 0.3 is 5.97 Å². The summed E-state index contributed by atoms with van der Waals surface area (Å²) in [5, 5.41) is 8.81. The molecule has 1 N–H and O–H groups in total. The van der Waals surface area contributed by atoms with Crippen molar-refractivity contribution in [2.75, 3.05) is 0 Å². The highest BCUT2D eigenvalue weighted by molar-refractivity contribution is 5.87. The number of benzene rings is 2. The molecule has 3 nitrogen and oxygen atoms in total. The summed E-state index contributed by atoms with van der Waals surface area (Å²) in [6.45, 7) is 6.45. The summed E-state index contributed by atoms with van der Waals surface area (Å²) in [6, 6.07) is 11.1. The van der Waals surface area contributed by atoms with Crippen molar-refractivity contribution in [3.05, 3.63) is 59.4 Å². The van der Waals surface area contributed by atoms with E-state index < -0.39 is 11.8 Å². The van der Waals surface area contributed by atoms with E-state index in [4.69, 9.17) is 9.84 Å². The van der Waals surface area contributed by atoms with Gasteiger partial charge in [-0.25, -0.2) is 9.18 Å². The Morgan fingerprint density at radius 2 is 1.82 bits per heavy atom. The van der Waals surface area contributed by atoms with Gasteiger partial charge in [-0.15, -0.1) is 0 Å². The molecular weight excluding hydrogens is 283 g/mol. The summed E-state index contributed by atoms with van der Waals surface area (Å²) in [6.07, 6.45) is 1.01. The topological polar surface area (TPSA) is 46.5 Å². The van der Waals surface area contributed by atoms with Gasteiger partial charge in [0, 0.05) is 0 Å². The number of halogens is 1. The number of carboxylic acids is 1. The van der Waals surface area contributed by atoms with Crippen LogP contribution in [0.5, 0.6) is 11.5 Å². The first-order chi connectivity index (χ1) is 10.3. The van der Waals surface area contributed by atoms with Crippen LogP contribution < -0.4 is 4.74 Å². The minimum absolute atomic E-state index is 0.00695. The molecule has 0 aliphatic heterocycles. The Hall–Kier alpha value is -2.36. The highest BCUT2D eigenvalue weighted by Gasteiger charge is 2.18. The van der Waals surface area contributed by atoms with Gasteiger partial charge in [0.25, 0.3) is 0 Å². The molecule has 0 aliphatic carbocycles. The van der Waals surface area contributed by atoms with Crippen LogP contribution in [0.1, 0.15) is 43.1 Å². The molecule has 0 saturated heterocycles. The Morgan fingerprint density at radius 1 is 1.18 bits per heavy atom. The number of rotatable bonds is 5. The Morgan fingerprint density at radius 3 is 2.32 bits per heavy atom. The van der Waals surface area contributed by atoms with Gasteiger partial charge in [-0.3, -0.25) is 0 Å². The molecule has 0 fully saturated rings. The van der Waals surface area contributed by atoms with E-state index in [1.807, 2.05) is 12.1 Å². The number of ether oxygens (including phenoxy) is 1. The Bertz CT molecular complexity index is 675. The van der Waals surface area contributed by atoms with Crippen molar-refractivity contribution in [1.82, 2.24) is 0 Å². The van der Waals surface area contributed by atoms with Gasteiger partial charge in [0.05, 0.1) is 5.56 Å². The maximum absolute atomic E-state index is 13.8. The first kappa shape index (κ1) is 16.0. The fourth-order valence-corrected chi connectivity index (χ4v) is 2.02. The minimum atomic E-state index is -1.17. The van der Waals surface area contributed by atoms with Crippen LogP contribution in [-0.2, 0) is 5.41 Å². The van der Waals surface area contributed by atoms with Crippen LogP contribution in [-0.4, -0.2) is 11.1 Å². The van der Waals surface area contributed by atoms with E-state index in [0.717, 1.165) is 12.5 Å². The maximum Gasteiger partial charge on any atom is 0.335 e. The minimum Gasteiger partial charge on any atom is -0.478 e. The zero-order valence-electron chi connectivity index (χ0n) is 12.9. The third-order valence-corrected chi connectivity index (χ3v) is 3.93. The summed E-state index contributed by atoms with van der Waals surface area (Å²) in [5.41, 5.74) is 1.15. The summed E-state index contributed by atoms with van der Waals surface area (Å²) in [7, 11) is 0. The van der Waals surface area contributed by atoms with Crippen LogP contribution in [0.25, 0.3) is 0 Å². The second-order valence-electron chi connectivity index (χ2n) is 5.81. The Labute approximate surface area is 129 Å². The van der Waals surface area contributed by atoms with Crippen LogP contribution >= 0.6 is 0 Å². The van der Waals surface area contributed by atoms with Crippen molar-refractivity contribution >= 4 is 5.97 Å². The molecule has 2 aromatic carbocycles. The van der Waals surface area contributed by atoms with Crippen LogP contribution in [0.2, 0.25) is 0 Å². The number of hydrogen-bond donors (Lipinski definition) is 1. The van der Waals surface area contributed by atoms with Crippen molar-refractivity contribution in [1.29, 1.82) is 0 Å². The van der Waals surface area contributed by atoms with Gasteiger partial charge in [-0.1, -0.05) is 32.9 Å². The fraction of sp³-hybridized carbons (Fsp3) is 0.278. The molecule has 0 aromatic heterocycles. The zero-order valence-corrected chi connectivity index (χ0v) is 12.9. The predicted octanol–water partition coefficient (Wildman–Crippen LogP) is 5.00. The third kappa shape index (κ3) is 3.45. The van der Waals surface area contributed by atoms with Crippen LogP contribution in [0.15, 0.2) is 42.5 Å². The molecule has 0 unspecified atom stereocenters. The molecule has 0 spiro atoms. The average molecular weight is 302 g/mol. The van der Waals surface area contributed by atoms with E-state index in [0.29, 0.717) is 5.75 Å².